The first-order valence-corrected chi connectivity index (χ1v) is 8.68. The van der Waals surface area contributed by atoms with Gasteiger partial charge in [0.25, 0.3) is 5.91 Å². The fourth-order valence-electron chi connectivity index (χ4n) is 2.96. The van der Waals surface area contributed by atoms with E-state index >= 15 is 0 Å². The Morgan fingerprint density at radius 2 is 1.93 bits per heavy atom. The molecule has 3 rings (SSSR count). The van der Waals surface area contributed by atoms with Crippen LogP contribution in [0.5, 0.6) is 11.5 Å². The highest BCUT2D eigenvalue weighted by molar-refractivity contribution is 6.06. The van der Waals surface area contributed by atoms with E-state index in [4.69, 9.17) is 9.47 Å². The molecule has 0 aliphatic carbocycles. The van der Waals surface area contributed by atoms with Gasteiger partial charge in [-0.15, -0.1) is 0 Å². The summed E-state index contributed by atoms with van der Waals surface area (Å²) in [5, 5.41) is 2.84. The third-order valence-corrected chi connectivity index (χ3v) is 4.35. The second-order valence-corrected chi connectivity index (χ2v) is 6.34. The zero-order valence-corrected chi connectivity index (χ0v) is 16.1. The van der Waals surface area contributed by atoms with E-state index in [-0.39, 0.29) is 5.91 Å². The van der Waals surface area contributed by atoms with E-state index in [1.807, 2.05) is 19.1 Å². The van der Waals surface area contributed by atoms with Crippen molar-refractivity contribution < 1.29 is 19.1 Å². The van der Waals surface area contributed by atoms with E-state index in [0.717, 1.165) is 5.56 Å². The first-order chi connectivity index (χ1) is 13.4. The summed E-state index contributed by atoms with van der Waals surface area (Å²) < 4.78 is 10.6. The van der Waals surface area contributed by atoms with Gasteiger partial charge in [0.2, 0.25) is 0 Å². The quantitative estimate of drug-likeness (QED) is 0.649. The average Bonchev–Trinajstić information content (AvgIpc) is 2.98. The van der Waals surface area contributed by atoms with Crippen molar-refractivity contribution in [2.75, 3.05) is 12.4 Å². The summed E-state index contributed by atoms with van der Waals surface area (Å²) in [4.78, 5) is 31.5. The van der Waals surface area contributed by atoms with E-state index in [2.05, 4.69) is 15.3 Å². The van der Waals surface area contributed by atoms with Crippen LogP contribution in [0.2, 0.25) is 0 Å². The molecule has 2 aromatic heterocycles. The minimum absolute atomic E-state index is 0.325. The normalized spacial score (nSPS) is 10.4. The lowest BCUT2D eigenvalue weighted by Crippen LogP contribution is -2.14. The maximum absolute atomic E-state index is 12.7. The number of aryl methyl sites for hydroxylation is 2. The number of rotatable bonds is 5. The van der Waals surface area contributed by atoms with Crippen molar-refractivity contribution in [1.82, 2.24) is 9.97 Å². The van der Waals surface area contributed by atoms with Gasteiger partial charge in [-0.2, -0.15) is 0 Å². The van der Waals surface area contributed by atoms with Gasteiger partial charge in [0.15, 0.2) is 0 Å². The number of methoxy groups -OCH3 is 1. The van der Waals surface area contributed by atoms with Crippen LogP contribution in [0.25, 0.3) is 0 Å². The number of ether oxygens (including phenoxy) is 2. The van der Waals surface area contributed by atoms with Crippen molar-refractivity contribution in [1.29, 1.82) is 0 Å². The van der Waals surface area contributed by atoms with Gasteiger partial charge < -0.3 is 19.8 Å². The van der Waals surface area contributed by atoms with E-state index in [1.165, 1.54) is 7.11 Å². The van der Waals surface area contributed by atoms with Crippen LogP contribution < -0.4 is 10.1 Å². The summed E-state index contributed by atoms with van der Waals surface area (Å²) in [5.74, 6) is 0.496. The van der Waals surface area contributed by atoms with E-state index < -0.39 is 5.97 Å². The monoisotopic (exact) mass is 379 g/mol. The molecule has 0 aliphatic heterocycles. The topological polar surface area (TPSA) is 93.3 Å². The molecule has 0 saturated heterocycles. The van der Waals surface area contributed by atoms with Crippen LogP contribution in [-0.4, -0.2) is 29.0 Å². The molecule has 0 spiro atoms. The Morgan fingerprint density at radius 3 is 2.57 bits per heavy atom. The van der Waals surface area contributed by atoms with Gasteiger partial charge in [-0.05, 0) is 62.2 Å². The number of hydrogen-bond acceptors (Lipinski definition) is 5. The smallest absolute Gasteiger partial charge is 0.339 e. The van der Waals surface area contributed by atoms with E-state index in [0.29, 0.717) is 39.7 Å². The van der Waals surface area contributed by atoms with Gasteiger partial charge in [-0.3, -0.25) is 9.78 Å². The van der Waals surface area contributed by atoms with E-state index in [9.17, 15) is 9.59 Å². The number of carbonyl (C=O) groups excluding carboxylic acids is 2. The molecular weight excluding hydrogens is 358 g/mol. The summed E-state index contributed by atoms with van der Waals surface area (Å²) >= 11 is 0. The zero-order chi connectivity index (χ0) is 20.3. The molecular formula is C21H21N3O4. The third kappa shape index (κ3) is 3.88. The van der Waals surface area contributed by atoms with Gasteiger partial charge in [0.05, 0.1) is 18.9 Å². The maximum Gasteiger partial charge on any atom is 0.339 e. The fourth-order valence-corrected chi connectivity index (χ4v) is 2.96. The number of nitrogens with zero attached hydrogens (tertiary/aromatic N) is 1. The molecule has 3 aromatic rings. The lowest BCUT2D eigenvalue weighted by Gasteiger charge is -2.11. The van der Waals surface area contributed by atoms with Crippen molar-refractivity contribution in [3.8, 4) is 11.5 Å². The highest BCUT2D eigenvalue weighted by Gasteiger charge is 2.22. The molecule has 0 unspecified atom stereocenters. The highest BCUT2D eigenvalue weighted by atomic mass is 16.5. The van der Waals surface area contributed by atoms with Crippen molar-refractivity contribution in [3.05, 3.63) is 70.8 Å². The maximum atomic E-state index is 12.7. The van der Waals surface area contributed by atoms with Crippen molar-refractivity contribution in [2.45, 2.75) is 20.8 Å². The number of pyridine rings is 1. The molecule has 1 aromatic carbocycles. The van der Waals surface area contributed by atoms with Gasteiger partial charge in [-0.25, -0.2) is 4.79 Å². The predicted octanol–water partition coefficient (Wildman–Crippen LogP) is 4.17. The van der Waals surface area contributed by atoms with Crippen LogP contribution in [0, 0.1) is 20.8 Å². The standard InChI is InChI=1S/C21H21N3O4/c1-12-10-15(7-8-17(12)28-16-6-5-9-22-11-16)24-20(25)19-13(2)18(14(3)23-19)21(26)27-4/h5-11,23H,1-4H3,(H,24,25). The Balaban J connectivity index is 1.78. The number of nitrogens with one attached hydrogen (secondary N) is 2. The second-order valence-electron chi connectivity index (χ2n) is 6.34. The number of aromatic nitrogens is 2. The molecule has 0 fully saturated rings. The number of benzene rings is 1. The molecule has 0 atom stereocenters. The van der Waals surface area contributed by atoms with Gasteiger partial charge in [-0.1, -0.05) is 0 Å². The number of carbonyl (C=O) groups is 2. The minimum atomic E-state index is -0.474. The highest BCUT2D eigenvalue weighted by Crippen LogP contribution is 2.27. The summed E-state index contributed by atoms with van der Waals surface area (Å²) in [6.45, 7) is 5.33. The van der Waals surface area contributed by atoms with Crippen LogP contribution in [-0.2, 0) is 4.74 Å². The molecule has 0 aliphatic rings. The van der Waals surface area contributed by atoms with Gasteiger partial charge in [0.1, 0.15) is 17.2 Å². The number of aromatic amines is 1. The van der Waals surface area contributed by atoms with E-state index in [1.54, 1.807) is 44.4 Å². The summed E-state index contributed by atoms with van der Waals surface area (Å²) in [6, 6.07) is 8.96. The molecule has 0 saturated carbocycles. The van der Waals surface area contributed by atoms with Crippen LogP contribution in [0.1, 0.15) is 37.7 Å². The lowest BCUT2D eigenvalue weighted by atomic mass is 10.1. The number of anilines is 1. The number of H-pyrrole nitrogens is 1. The van der Waals surface area contributed by atoms with Crippen molar-refractivity contribution >= 4 is 17.6 Å². The van der Waals surface area contributed by atoms with Crippen LogP contribution >= 0.6 is 0 Å². The van der Waals surface area contributed by atoms with Gasteiger partial charge in [0, 0.05) is 17.6 Å². The lowest BCUT2D eigenvalue weighted by molar-refractivity contribution is 0.0599. The summed E-state index contributed by atoms with van der Waals surface area (Å²) in [5.41, 5.74) is 3.32. The van der Waals surface area contributed by atoms with Crippen molar-refractivity contribution in [3.63, 3.8) is 0 Å². The number of hydrogen-bond donors (Lipinski definition) is 2. The summed E-state index contributed by atoms with van der Waals surface area (Å²) in [7, 11) is 1.31. The fraction of sp³-hybridized carbons (Fsp3) is 0.190. The molecule has 7 heteroatoms. The minimum Gasteiger partial charge on any atom is -0.465 e. The average molecular weight is 379 g/mol. The largest absolute Gasteiger partial charge is 0.465 e. The molecule has 0 radical (unpaired) electrons. The SMILES string of the molecule is COC(=O)c1c(C)[nH]c(C(=O)Nc2ccc(Oc3cccnc3)c(C)c2)c1C. The molecule has 2 heterocycles. The Hall–Kier alpha value is -3.61. The first kappa shape index (κ1) is 19.2. The van der Waals surface area contributed by atoms with Crippen LogP contribution in [0.4, 0.5) is 5.69 Å². The van der Waals surface area contributed by atoms with Crippen molar-refractivity contribution in [2.24, 2.45) is 0 Å². The Bertz CT molecular complexity index is 1030. The Kier molecular flexibility index (Phi) is 5.44. The molecule has 7 nitrogen and oxygen atoms in total. The Labute approximate surface area is 162 Å². The number of amides is 1. The predicted molar refractivity (Wildman–Crippen MR) is 105 cm³/mol. The second kappa shape index (κ2) is 7.96. The van der Waals surface area contributed by atoms with Gasteiger partial charge >= 0.3 is 5.97 Å². The Morgan fingerprint density at radius 1 is 1.14 bits per heavy atom. The summed E-state index contributed by atoms with van der Waals surface area (Å²) in [6.07, 6.45) is 3.30. The third-order valence-electron chi connectivity index (χ3n) is 4.35. The van der Waals surface area contributed by atoms with Crippen LogP contribution in [0.3, 0.4) is 0 Å². The zero-order valence-electron chi connectivity index (χ0n) is 16.1. The molecule has 1 amide bonds. The molecule has 0 bridgehead atoms. The number of esters is 1. The molecule has 28 heavy (non-hydrogen) atoms. The molecule has 144 valence electrons. The first-order valence-electron chi connectivity index (χ1n) is 8.68. The molecule has 2 N–H and O–H groups in total. The van der Waals surface area contributed by atoms with Crippen LogP contribution in [0.15, 0.2) is 42.7 Å².